The number of piperidine rings is 1. The summed E-state index contributed by atoms with van der Waals surface area (Å²) < 4.78 is 10.4. The summed E-state index contributed by atoms with van der Waals surface area (Å²) in [5.74, 6) is -1.27. The van der Waals surface area contributed by atoms with Gasteiger partial charge >= 0.3 is 11.9 Å². The van der Waals surface area contributed by atoms with Gasteiger partial charge in [-0.3, -0.25) is 9.59 Å². The molecule has 1 N–H and O–H groups in total. The number of carbonyl (C=O) groups excluding carboxylic acids is 2. The maximum absolute atomic E-state index is 12.6. The van der Waals surface area contributed by atoms with Gasteiger partial charge in [0.15, 0.2) is 0 Å². The van der Waals surface area contributed by atoms with E-state index in [0.717, 1.165) is 24.0 Å². The lowest BCUT2D eigenvalue weighted by atomic mass is 9.97. The smallest absolute Gasteiger partial charge is 0.316 e. The molecular weight excluding hydrogens is 346 g/mol. The number of nitrogens with zero attached hydrogens (tertiary/aromatic N) is 1. The molecule has 4 atom stereocenters. The van der Waals surface area contributed by atoms with Gasteiger partial charge in [0.05, 0.1) is 13.7 Å². The third kappa shape index (κ3) is 4.68. The zero-order chi connectivity index (χ0) is 19.4. The third-order valence-corrected chi connectivity index (χ3v) is 6.03. The van der Waals surface area contributed by atoms with Crippen LogP contribution in [0.1, 0.15) is 49.1 Å². The molecule has 2 fully saturated rings. The molecular formula is C21H29NO5. The molecule has 2 unspecified atom stereocenters. The van der Waals surface area contributed by atoms with Crippen LogP contribution in [0, 0.1) is 0 Å². The molecule has 6 heteroatoms. The Bertz CT molecular complexity index is 645. The van der Waals surface area contributed by atoms with Gasteiger partial charge in [0.1, 0.15) is 12.0 Å². The number of methoxy groups -OCH3 is 1. The van der Waals surface area contributed by atoms with Gasteiger partial charge in [-0.2, -0.15) is 0 Å². The fraction of sp³-hybridized carbons (Fsp3) is 0.619. The zero-order valence-electron chi connectivity index (χ0n) is 16.1. The highest BCUT2D eigenvalue weighted by Crippen LogP contribution is 2.36. The Morgan fingerprint density at radius 2 is 1.81 bits per heavy atom. The minimum absolute atomic E-state index is 0.0559. The van der Waals surface area contributed by atoms with Crippen molar-refractivity contribution in [2.45, 2.75) is 62.6 Å². The summed E-state index contributed by atoms with van der Waals surface area (Å²) in [7, 11) is 3.53. The Kier molecular flexibility index (Phi) is 6.50. The van der Waals surface area contributed by atoms with E-state index < -0.39 is 5.92 Å². The number of aryl methyl sites for hydroxylation is 1. The van der Waals surface area contributed by atoms with Crippen molar-refractivity contribution in [3.05, 3.63) is 35.4 Å². The molecule has 0 spiro atoms. The number of rotatable bonds is 7. The Morgan fingerprint density at radius 1 is 1.19 bits per heavy atom. The van der Waals surface area contributed by atoms with E-state index in [4.69, 9.17) is 4.74 Å². The lowest BCUT2D eigenvalue weighted by Gasteiger charge is -2.36. The van der Waals surface area contributed by atoms with Crippen LogP contribution in [0.3, 0.4) is 0 Å². The maximum Gasteiger partial charge on any atom is 0.316 e. The van der Waals surface area contributed by atoms with Gasteiger partial charge in [0.2, 0.25) is 0 Å². The molecule has 2 heterocycles. The highest BCUT2D eigenvalue weighted by Gasteiger charge is 2.40. The molecule has 148 valence electrons. The van der Waals surface area contributed by atoms with Crippen LogP contribution in [0.2, 0.25) is 0 Å². The first kappa shape index (κ1) is 19.8. The average molecular weight is 375 g/mol. The Hall–Kier alpha value is -1.92. The fourth-order valence-corrected chi connectivity index (χ4v) is 4.29. The second-order valence-electron chi connectivity index (χ2n) is 7.63. The number of aliphatic hydroxyl groups excluding tert-OH is 1. The van der Waals surface area contributed by atoms with Crippen LogP contribution in [-0.4, -0.2) is 60.9 Å². The quantitative estimate of drug-likeness (QED) is 0.735. The fourth-order valence-electron chi connectivity index (χ4n) is 4.29. The minimum atomic E-state index is -0.669. The molecule has 0 amide bonds. The largest absolute Gasteiger partial charge is 0.469 e. The second kappa shape index (κ2) is 8.85. The van der Waals surface area contributed by atoms with Crippen LogP contribution in [0.15, 0.2) is 24.3 Å². The summed E-state index contributed by atoms with van der Waals surface area (Å²) in [6.07, 6.45) is 4.95. The number of fused-ring (bicyclic) bond motifs is 2. The van der Waals surface area contributed by atoms with E-state index in [1.807, 2.05) is 24.3 Å². The van der Waals surface area contributed by atoms with Gasteiger partial charge in [-0.05, 0) is 50.3 Å². The van der Waals surface area contributed by atoms with E-state index in [1.165, 1.54) is 20.0 Å². The van der Waals surface area contributed by atoms with Crippen molar-refractivity contribution in [3.63, 3.8) is 0 Å². The normalized spacial score (nSPS) is 25.8. The van der Waals surface area contributed by atoms with Crippen molar-refractivity contribution >= 4 is 11.9 Å². The predicted octanol–water partition coefficient (Wildman–Crippen LogP) is 2.04. The molecule has 3 rings (SSSR count). The van der Waals surface area contributed by atoms with Crippen molar-refractivity contribution in [1.82, 2.24) is 4.90 Å². The minimum Gasteiger partial charge on any atom is -0.469 e. The Balaban J connectivity index is 1.57. The van der Waals surface area contributed by atoms with E-state index in [1.54, 1.807) is 0 Å². The number of hydrogen-bond acceptors (Lipinski definition) is 6. The van der Waals surface area contributed by atoms with E-state index in [9.17, 15) is 14.7 Å². The topological polar surface area (TPSA) is 76.1 Å². The van der Waals surface area contributed by atoms with E-state index >= 15 is 0 Å². The molecule has 2 saturated heterocycles. The number of ether oxygens (including phenoxy) is 2. The van der Waals surface area contributed by atoms with Crippen molar-refractivity contribution in [1.29, 1.82) is 0 Å². The first-order valence-electron chi connectivity index (χ1n) is 9.70. The molecule has 1 aromatic carbocycles. The molecule has 0 saturated carbocycles. The van der Waals surface area contributed by atoms with Crippen molar-refractivity contribution < 1.29 is 24.2 Å². The number of benzene rings is 1. The molecule has 0 radical (unpaired) electrons. The van der Waals surface area contributed by atoms with E-state index in [0.29, 0.717) is 24.9 Å². The molecule has 2 bridgehead atoms. The average Bonchev–Trinajstić information content (AvgIpc) is 2.88. The highest BCUT2D eigenvalue weighted by atomic mass is 16.5. The van der Waals surface area contributed by atoms with Gasteiger partial charge in [-0.15, -0.1) is 0 Å². The summed E-state index contributed by atoms with van der Waals surface area (Å²) >= 11 is 0. The molecule has 0 aromatic heterocycles. The molecule has 2 aliphatic heterocycles. The number of aliphatic hydroxyl groups is 1. The van der Waals surface area contributed by atoms with Crippen molar-refractivity contribution in [2.75, 3.05) is 20.8 Å². The number of carbonyl (C=O) groups is 2. The Labute approximate surface area is 160 Å². The zero-order valence-corrected chi connectivity index (χ0v) is 16.1. The van der Waals surface area contributed by atoms with Crippen LogP contribution < -0.4 is 0 Å². The lowest BCUT2D eigenvalue weighted by molar-refractivity contribution is -0.155. The number of hydrogen-bond donors (Lipinski definition) is 1. The number of esters is 2. The van der Waals surface area contributed by atoms with Crippen LogP contribution in [0.5, 0.6) is 0 Å². The van der Waals surface area contributed by atoms with Crippen molar-refractivity contribution in [2.24, 2.45) is 0 Å². The summed E-state index contributed by atoms with van der Waals surface area (Å²) in [4.78, 5) is 26.3. The van der Waals surface area contributed by atoms with Gasteiger partial charge in [0, 0.05) is 18.5 Å². The van der Waals surface area contributed by atoms with Crippen molar-refractivity contribution in [3.8, 4) is 0 Å². The highest BCUT2D eigenvalue weighted by molar-refractivity contribution is 5.78. The summed E-state index contributed by atoms with van der Waals surface area (Å²) in [6.45, 7) is -0.278. The first-order valence-corrected chi connectivity index (χ1v) is 9.70. The molecule has 6 nitrogen and oxygen atoms in total. The summed E-state index contributed by atoms with van der Waals surface area (Å²) in [6, 6.07) is 8.42. The molecule has 1 aromatic rings. The standard InChI is InChI=1S/C21H29NO5/c1-22-16-8-9-17(22)12-18(11-16)27-21(25)19(13-23)15-6-3-14(4-7-15)5-10-20(24)26-2/h3-4,6-7,16-19,23H,5,8-13H2,1-2H3/t16-,17+,18?,19?. The van der Waals surface area contributed by atoms with Crippen LogP contribution in [-0.2, 0) is 25.5 Å². The first-order chi connectivity index (χ1) is 13.0. The van der Waals surface area contributed by atoms with Gasteiger partial charge in [-0.25, -0.2) is 0 Å². The lowest BCUT2D eigenvalue weighted by Crippen LogP contribution is -2.43. The molecule has 0 aliphatic carbocycles. The monoisotopic (exact) mass is 375 g/mol. The Morgan fingerprint density at radius 3 is 2.37 bits per heavy atom. The van der Waals surface area contributed by atoms with Crippen LogP contribution in [0.25, 0.3) is 0 Å². The summed E-state index contributed by atoms with van der Waals surface area (Å²) in [5.41, 5.74) is 1.72. The maximum atomic E-state index is 12.6. The SMILES string of the molecule is COC(=O)CCc1ccc(C(CO)C(=O)OC2C[C@H]3CC[C@@H](C2)N3C)cc1. The summed E-state index contributed by atoms with van der Waals surface area (Å²) in [5, 5.41) is 9.74. The predicted molar refractivity (Wildman–Crippen MR) is 100 cm³/mol. The van der Waals surface area contributed by atoms with E-state index in [-0.39, 0.29) is 24.6 Å². The van der Waals surface area contributed by atoms with Gasteiger partial charge < -0.3 is 19.5 Å². The molecule has 2 aliphatic rings. The van der Waals surface area contributed by atoms with Gasteiger partial charge in [-0.1, -0.05) is 24.3 Å². The third-order valence-electron chi connectivity index (χ3n) is 6.03. The van der Waals surface area contributed by atoms with E-state index in [2.05, 4.69) is 16.7 Å². The molecule has 27 heavy (non-hydrogen) atoms. The van der Waals surface area contributed by atoms with Gasteiger partial charge in [0.25, 0.3) is 0 Å². The van der Waals surface area contributed by atoms with Crippen LogP contribution >= 0.6 is 0 Å². The second-order valence-corrected chi connectivity index (χ2v) is 7.63. The van der Waals surface area contributed by atoms with Crippen LogP contribution in [0.4, 0.5) is 0 Å².